The quantitative estimate of drug-likeness (QED) is 0.119. The Labute approximate surface area is 226 Å². The molecular formula is C36H25BP. The third-order valence-electron chi connectivity index (χ3n) is 7.82. The Kier molecular flexibility index (Phi) is 5.34. The fraction of sp³-hybridized carbons (Fsp3) is 0. The second kappa shape index (κ2) is 9.28. The smallest absolute Gasteiger partial charge is 0.116 e. The van der Waals surface area contributed by atoms with E-state index < -0.39 is 0 Å². The number of hydrogen-bond acceptors (Lipinski definition) is 0. The van der Waals surface area contributed by atoms with E-state index in [2.05, 4.69) is 143 Å². The lowest BCUT2D eigenvalue weighted by Crippen LogP contribution is -1.86. The van der Waals surface area contributed by atoms with E-state index in [0.29, 0.717) is 0 Å². The molecule has 38 heavy (non-hydrogen) atoms. The molecule has 0 saturated heterocycles. The summed E-state index contributed by atoms with van der Waals surface area (Å²) in [6.45, 7) is 0. The van der Waals surface area contributed by atoms with Gasteiger partial charge in [0.15, 0.2) is 0 Å². The summed E-state index contributed by atoms with van der Waals surface area (Å²) in [7, 11) is 3.29. The summed E-state index contributed by atoms with van der Waals surface area (Å²) in [5.41, 5.74) is 2.50. The normalized spacial score (nSPS) is 11.7. The first kappa shape index (κ1) is 21.9. The van der Waals surface area contributed by atoms with Crippen LogP contribution < -0.4 is 0 Å². The second-order valence-corrected chi connectivity index (χ2v) is 9.70. The zero-order valence-corrected chi connectivity index (χ0v) is 22.0. The maximum Gasteiger partial charge on any atom is 0.116 e. The van der Waals surface area contributed by atoms with E-state index in [-0.39, 0.29) is 0 Å². The van der Waals surface area contributed by atoms with E-state index in [0.717, 1.165) is 0 Å². The molecular weight excluding hydrogens is 474 g/mol. The Bertz CT molecular complexity index is 1960. The van der Waals surface area contributed by atoms with Crippen molar-refractivity contribution in [1.29, 1.82) is 1.34 Å². The maximum atomic E-state index is 6.05. The Morgan fingerprint density at radius 1 is 0.342 bits per heavy atom. The average molecular weight is 501 g/mol. The predicted octanol–water partition coefficient (Wildman–Crippen LogP) is 9.95. The van der Waals surface area contributed by atoms with Crippen molar-refractivity contribution in [2.45, 2.75) is 0 Å². The molecule has 8 rings (SSSR count). The highest BCUT2D eigenvalue weighted by Gasteiger charge is 2.12. The van der Waals surface area contributed by atoms with Gasteiger partial charge in [0.2, 0.25) is 0 Å². The Morgan fingerprint density at radius 3 is 0.816 bits per heavy atom. The van der Waals surface area contributed by atoms with E-state index in [4.69, 9.17) is 1.34 Å². The first-order valence-corrected chi connectivity index (χ1v) is 13.5. The molecule has 1 radical (unpaired) electrons. The summed E-state index contributed by atoms with van der Waals surface area (Å²) < 4.78 is 6.05. The lowest BCUT2D eigenvalue weighted by Gasteiger charge is -2.14. The Hall–Kier alpha value is -4.19. The van der Waals surface area contributed by atoms with Gasteiger partial charge in [-0.1, -0.05) is 121 Å². The van der Waals surface area contributed by atoms with Crippen molar-refractivity contribution in [2.75, 3.05) is 0 Å². The summed E-state index contributed by atoms with van der Waals surface area (Å²) in [6.07, 6.45) is 0. The van der Waals surface area contributed by atoms with Gasteiger partial charge < -0.3 is 0 Å². The number of hydrogen-bond donors (Lipinski definition) is 0. The molecule has 0 N–H and O–H groups in total. The predicted molar refractivity (Wildman–Crippen MR) is 174 cm³/mol. The minimum Gasteiger partial charge on any atom is -0.183 e. The Morgan fingerprint density at radius 2 is 0.553 bits per heavy atom. The average Bonchev–Trinajstić information content (AvgIpc) is 3.01. The molecule has 0 heterocycles. The zero-order chi connectivity index (χ0) is 26.3. The van der Waals surface area contributed by atoms with Gasteiger partial charge in [0, 0.05) is 0 Å². The second-order valence-electron chi connectivity index (χ2n) is 9.70. The van der Waals surface area contributed by atoms with Crippen LogP contribution in [0.2, 0.25) is 0 Å². The van der Waals surface area contributed by atoms with E-state index in [1.54, 1.807) is 0 Å². The molecule has 0 amide bonds. The van der Waals surface area contributed by atoms with Gasteiger partial charge in [0.05, 0.1) is 0 Å². The fourth-order valence-corrected chi connectivity index (χ4v) is 6.17. The van der Waals surface area contributed by atoms with Crippen LogP contribution in [0.15, 0.2) is 133 Å². The first-order chi connectivity index (χ1) is 19.3. The summed E-state index contributed by atoms with van der Waals surface area (Å²) in [5.74, 6) is 0. The monoisotopic (exact) mass is 501 g/mol. The van der Waals surface area contributed by atoms with Gasteiger partial charge >= 0.3 is 0 Å². The lowest BCUT2D eigenvalue weighted by atomic mass is 9.90. The molecule has 1 atom stereocenters. The van der Waals surface area contributed by atoms with Crippen LogP contribution in [0, 0.1) is 0 Å². The molecule has 0 aliphatic rings. The van der Waals surface area contributed by atoms with Crippen LogP contribution in [0.5, 0.6) is 0 Å². The molecule has 0 aliphatic heterocycles. The van der Waals surface area contributed by atoms with Crippen molar-refractivity contribution in [3.8, 4) is 11.1 Å². The van der Waals surface area contributed by atoms with Crippen LogP contribution in [0.1, 0.15) is 0 Å². The number of benzene rings is 8. The highest BCUT2D eigenvalue weighted by Crippen LogP contribution is 2.39. The van der Waals surface area contributed by atoms with Crippen molar-refractivity contribution in [3.05, 3.63) is 133 Å². The van der Waals surface area contributed by atoms with Crippen molar-refractivity contribution in [1.82, 2.24) is 0 Å². The van der Waals surface area contributed by atoms with Crippen molar-refractivity contribution >= 4 is 81.3 Å². The maximum absolute atomic E-state index is 6.05. The van der Waals surface area contributed by atoms with Gasteiger partial charge in [-0.2, -0.15) is 9.12 Å². The molecule has 0 saturated carbocycles. The molecule has 0 bridgehead atoms. The molecule has 0 spiro atoms. The van der Waals surface area contributed by atoms with Gasteiger partial charge in [0.1, 0.15) is 7.53 Å². The molecule has 0 fully saturated rings. The lowest BCUT2D eigenvalue weighted by molar-refractivity contribution is 1.70. The van der Waals surface area contributed by atoms with E-state index in [1.165, 1.54) is 83.3 Å². The standard InChI is InChI=1S/C36H22.BH3P/c1-3-13-29-25(9-1)27-11-5-7-15-31(27)35-21-23(17-19-33(29)35)24-18-20-34-30-14-4-2-10-26(30)28-12-6-8-16-32(28)36(34)22-24;1-2/h1-22H;1H,2H2/i;1T. The van der Waals surface area contributed by atoms with E-state index in [9.17, 15) is 0 Å². The van der Waals surface area contributed by atoms with Crippen molar-refractivity contribution < 1.29 is 0 Å². The molecule has 0 aliphatic carbocycles. The van der Waals surface area contributed by atoms with Gasteiger partial charge in [-0.05, 0) is 89.2 Å². The van der Waals surface area contributed by atoms with Crippen LogP contribution in [0.4, 0.5) is 0 Å². The van der Waals surface area contributed by atoms with Crippen LogP contribution >= 0.6 is 9.12 Å². The van der Waals surface area contributed by atoms with Crippen LogP contribution in [-0.4, -0.2) is 8.86 Å². The molecule has 0 nitrogen and oxygen atoms in total. The summed E-state index contributed by atoms with van der Waals surface area (Å²) >= 11 is 0. The summed E-state index contributed by atoms with van der Waals surface area (Å²) in [4.78, 5) is 0. The van der Waals surface area contributed by atoms with Gasteiger partial charge in [-0.3, -0.25) is 0 Å². The Balaban J connectivity index is 0.000000809. The SMILES string of the molecule is [3H][B]P.c1ccc2c(c1)c1ccccc1c1cc(-c3ccc4c5ccccc5c5ccccc5c4c3)ccc21. The molecule has 8 aromatic carbocycles. The highest BCUT2D eigenvalue weighted by molar-refractivity contribution is 7.49. The van der Waals surface area contributed by atoms with Gasteiger partial charge in [-0.25, -0.2) is 0 Å². The third kappa shape index (κ3) is 3.43. The molecule has 8 aromatic rings. The van der Waals surface area contributed by atoms with Crippen molar-refractivity contribution in [3.63, 3.8) is 0 Å². The van der Waals surface area contributed by atoms with E-state index >= 15 is 0 Å². The van der Waals surface area contributed by atoms with E-state index in [1.807, 2.05) is 0 Å². The number of rotatable bonds is 1. The van der Waals surface area contributed by atoms with Crippen LogP contribution in [0.3, 0.4) is 0 Å². The molecule has 2 heteroatoms. The largest absolute Gasteiger partial charge is 0.183 e. The topological polar surface area (TPSA) is 0 Å². The van der Waals surface area contributed by atoms with Crippen molar-refractivity contribution in [2.24, 2.45) is 0 Å². The van der Waals surface area contributed by atoms with Gasteiger partial charge in [-0.15, -0.1) is 0 Å². The van der Waals surface area contributed by atoms with Crippen LogP contribution in [-0.2, 0) is 0 Å². The minimum atomic E-state index is 1.17. The summed E-state index contributed by atoms with van der Waals surface area (Å²) in [5, 5.41) is 15.8. The molecule has 177 valence electrons. The molecule has 1 unspecified atom stereocenters. The van der Waals surface area contributed by atoms with Crippen LogP contribution in [0.25, 0.3) is 75.8 Å². The highest BCUT2D eigenvalue weighted by atomic mass is 31.0. The minimum absolute atomic E-state index is 1.17. The fourth-order valence-electron chi connectivity index (χ4n) is 6.17. The van der Waals surface area contributed by atoms with Gasteiger partial charge in [0.25, 0.3) is 0 Å². The third-order valence-corrected chi connectivity index (χ3v) is 7.82. The number of fused-ring (bicyclic) bond motifs is 12. The first-order valence-electron chi connectivity index (χ1n) is 13.4. The zero-order valence-electron chi connectivity index (χ0n) is 21.9. The summed E-state index contributed by atoms with van der Waals surface area (Å²) in [6, 6.07) is 49.1. The molecule has 0 aromatic heterocycles.